The van der Waals surface area contributed by atoms with Crippen molar-refractivity contribution in [2.45, 2.75) is 20.8 Å². The Hall–Kier alpha value is -4.01. The van der Waals surface area contributed by atoms with Gasteiger partial charge in [0, 0.05) is 11.6 Å². The van der Waals surface area contributed by atoms with Crippen LogP contribution >= 0.6 is 0 Å². The summed E-state index contributed by atoms with van der Waals surface area (Å²) in [5.74, 6) is -1.78. The topological polar surface area (TPSA) is 155 Å². The second kappa shape index (κ2) is 10.1. The second-order valence-corrected chi connectivity index (χ2v) is 6.28. The molecule has 0 atom stereocenters. The van der Waals surface area contributed by atoms with E-state index >= 15 is 0 Å². The zero-order valence-electron chi connectivity index (χ0n) is 17.5. The molecule has 3 aromatic rings. The average molecular weight is 427 g/mol. The van der Waals surface area contributed by atoms with E-state index in [9.17, 15) is 24.9 Å². The summed E-state index contributed by atoms with van der Waals surface area (Å²) in [6.07, 6.45) is 0. The van der Waals surface area contributed by atoms with Gasteiger partial charge >= 0.3 is 5.97 Å². The first-order valence-corrected chi connectivity index (χ1v) is 9.64. The third-order valence-corrected chi connectivity index (χ3v) is 4.22. The quantitative estimate of drug-likeness (QED) is 0.376. The highest BCUT2D eigenvalue weighted by Gasteiger charge is 2.19. The number of anilines is 1. The predicted octanol–water partition coefficient (Wildman–Crippen LogP) is 3.07. The summed E-state index contributed by atoms with van der Waals surface area (Å²) in [5.41, 5.74) is 6.95. The largest absolute Gasteiger partial charge is 0.508 e. The molecule has 1 aromatic heterocycles. The van der Waals surface area contributed by atoms with Crippen LogP contribution in [0.25, 0.3) is 10.9 Å². The molecule has 0 unspecified atom stereocenters. The molecule has 0 saturated heterocycles. The Morgan fingerprint density at radius 3 is 2.39 bits per heavy atom. The number of ether oxygens (including phenoxy) is 1. The zero-order chi connectivity index (χ0) is 23.1. The van der Waals surface area contributed by atoms with Gasteiger partial charge in [0.25, 0.3) is 5.91 Å². The monoisotopic (exact) mass is 427 g/mol. The number of aromatic hydroxyl groups is 2. The van der Waals surface area contributed by atoms with Gasteiger partial charge < -0.3 is 31.1 Å². The van der Waals surface area contributed by atoms with Crippen LogP contribution in [0, 0.1) is 6.92 Å². The summed E-state index contributed by atoms with van der Waals surface area (Å²) in [6.45, 7) is 5.77. The van der Waals surface area contributed by atoms with E-state index < -0.39 is 11.9 Å². The van der Waals surface area contributed by atoms with Gasteiger partial charge in [0.05, 0.1) is 28.8 Å². The van der Waals surface area contributed by atoms with E-state index in [1.165, 1.54) is 12.1 Å². The average Bonchev–Trinajstić information content (AvgIpc) is 2.71. The second-order valence-electron chi connectivity index (χ2n) is 6.28. The van der Waals surface area contributed by atoms with Gasteiger partial charge in [-0.3, -0.25) is 9.78 Å². The standard InChI is InChI=1S/C20H19N3O6.C2H6/c1-10-16(20(27)28)18(21)17-14(23-10)3-2-4-15(17)29-6-5-22-19(26)11-7-12(24)9-13(25)8-11;1-2/h2-4,7-9,24-25H,5-6H2,1H3,(H2,21,23)(H,22,26)(H,27,28);1-2H3. The Labute approximate surface area is 179 Å². The van der Waals surface area contributed by atoms with Crippen LogP contribution < -0.4 is 15.8 Å². The lowest BCUT2D eigenvalue weighted by Crippen LogP contribution is -2.28. The van der Waals surface area contributed by atoms with Crippen molar-refractivity contribution < 1.29 is 29.6 Å². The SMILES string of the molecule is CC.Cc1nc2cccc(OCCNC(=O)c3cc(O)cc(O)c3)c2c(N)c1C(=O)O. The number of carboxylic acid groups (broad SMARTS) is 1. The predicted molar refractivity (Wildman–Crippen MR) is 117 cm³/mol. The van der Waals surface area contributed by atoms with Crippen molar-refractivity contribution in [3.05, 3.63) is 53.2 Å². The molecule has 0 bridgehead atoms. The Morgan fingerprint density at radius 2 is 1.77 bits per heavy atom. The maximum absolute atomic E-state index is 12.1. The molecule has 3 rings (SSSR count). The number of rotatable bonds is 6. The van der Waals surface area contributed by atoms with Crippen LogP contribution in [-0.4, -0.2) is 45.3 Å². The molecule has 0 spiro atoms. The highest BCUT2D eigenvalue weighted by molar-refractivity contribution is 6.06. The normalized spacial score (nSPS) is 10.2. The van der Waals surface area contributed by atoms with Gasteiger partial charge in [0.15, 0.2) is 0 Å². The van der Waals surface area contributed by atoms with Crippen molar-refractivity contribution >= 4 is 28.5 Å². The Kier molecular flexibility index (Phi) is 7.62. The molecule has 6 N–H and O–H groups in total. The van der Waals surface area contributed by atoms with E-state index in [4.69, 9.17) is 10.5 Å². The molecular weight excluding hydrogens is 402 g/mol. The summed E-state index contributed by atoms with van der Waals surface area (Å²) < 4.78 is 5.68. The smallest absolute Gasteiger partial charge is 0.339 e. The number of aryl methyl sites for hydroxylation is 1. The number of carboxylic acids is 1. The molecule has 0 aliphatic rings. The molecule has 164 valence electrons. The van der Waals surface area contributed by atoms with Crippen LogP contribution in [0.4, 0.5) is 5.69 Å². The van der Waals surface area contributed by atoms with Crippen molar-refractivity contribution in [2.75, 3.05) is 18.9 Å². The molecule has 31 heavy (non-hydrogen) atoms. The number of nitrogens with one attached hydrogen (secondary N) is 1. The molecule has 0 radical (unpaired) electrons. The number of phenolic OH excluding ortho intramolecular Hbond substituents is 2. The minimum Gasteiger partial charge on any atom is -0.508 e. The van der Waals surface area contributed by atoms with Gasteiger partial charge in [0.2, 0.25) is 0 Å². The molecule has 0 aliphatic carbocycles. The fourth-order valence-electron chi connectivity index (χ4n) is 2.98. The van der Waals surface area contributed by atoms with Crippen molar-refractivity contribution in [1.82, 2.24) is 10.3 Å². The third kappa shape index (κ3) is 5.33. The minimum absolute atomic E-state index is 0.0647. The molecule has 1 amide bonds. The van der Waals surface area contributed by atoms with Crippen LogP contribution in [0.15, 0.2) is 36.4 Å². The fourth-order valence-corrected chi connectivity index (χ4v) is 2.98. The summed E-state index contributed by atoms with van der Waals surface area (Å²) in [6, 6.07) is 8.61. The lowest BCUT2D eigenvalue weighted by molar-refractivity contribution is 0.0696. The fraction of sp³-hybridized carbons (Fsp3) is 0.227. The van der Waals surface area contributed by atoms with Crippen LogP contribution in [0.5, 0.6) is 17.2 Å². The number of amides is 1. The number of nitrogens with zero attached hydrogens (tertiary/aromatic N) is 1. The zero-order valence-corrected chi connectivity index (χ0v) is 17.5. The maximum Gasteiger partial charge on any atom is 0.339 e. The van der Waals surface area contributed by atoms with Crippen molar-refractivity contribution in [3.63, 3.8) is 0 Å². The van der Waals surface area contributed by atoms with Gasteiger partial charge in [0.1, 0.15) is 29.4 Å². The van der Waals surface area contributed by atoms with E-state index in [1.54, 1.807) is 25.1 Å². The van der Waals surface area contributed by atoms with Crippen molar-refractivity contribution in [1.29, 1.82) is 0 Å². The molecule has 2 aromatic carbocycles. The number of phenols is 2. The number of aromatic carboxylic acids is 1. The van der Waals surface area contributed by atoms with Crippen molar-refractivity contribution in [2.24, 2.45) is 0 Å². The number of fused-ring (bicyclic) bond motifs is 1. The summed E-state index contributed by atoms with van der Waals surface area (Å²) in [7, 11) is 0. The first kappa shape index (κ1) is 23.3. The number of hydrogen-bond donors (Lipinski definition) is 5. The number of aromatic nitrogens is 1. The van der Waals surface area contributed by atoms with Crippen LogP contribution in [0.1, 0.15) is 40.3 Å². The van der Waals surface area contributed by atoms with E-state index in [0.29, 0.717) is 22.3 Å². The van der Waals surface area contributed by atoms with Gasteiger partial charge in [-0.2, -0.15) is 0 Å². The van der Waals surface area contributed by atoms with Crippen LogP contribution in [-0.2, 0) is 0 Å². The van der Waals surface area contributed by atoms with E-state index in [0.717, 1.165) is 6.07 Å². The minimum atomic E-state index is -1.18. The number of carbonyl (C=O) groups is 2. The lowest BCUT2D eigenvalue weighted by atomic mass is 10.1. The highest BCUT2D eigenvalue weighted by atomic mass is 16.5. The molecular formula is C22H25N3O6. The summed E-state index contributed by atoms with van der Waals surface area (Å²) in [5, 5.41) is 31.3. The van der Waals surface area contributed by atoms with Crippen LogP contribution in [0.2, 0.25) is 0 Å². The Balaban J connectivity index is 0.00000166. The molecule has 9 nitrogen and oxygen atoms in total. The molecule has 1 heterocycles. The molecule has 0 aliphatic heterocycles. The molecule has 0 fully saturated rings. The first-order valence-electron chi connectivity index (χ1n) is 9.64. The van der Waals surface area contributed by atoms with Gasteiger partial charge in [-0.15, -0.1) is 0 Å². The molecule has 9 heteroatoms. The third-order valence-electron chi connectivity index (χ3n) is 4.22. The van der Waals surface area contributed by atoms with Crippen molar-refractivity contribution in [3.8, 4) is 17.2 Å². The van der Waals surface area contributed by atoms with Gasteiger partial charge in [-0.1, -0.05) is 19.9 Å². The Morgan fingerprint density at radius 1 is 1.13 bits per heavy atom. The lowest BCUT2D eigenvalue weighted by Gasteiger charge is -2.14. The van der Waals surface area contributed by atoms with Crippen LogP contribution in [0.3, 0.4) is 0 Å². The van der Waals surface area contributed by atoms with E-state index in [2.05, 4.69) is 10.3 Å². The Bertz CT molecular complexity index is 1090. The summed E-state index contributed by atoms with van der Waals surface area (Å²) in [4.78, 5) is 27.8. The number of carbonyl (C=O) groups excluding carboxylic acids is 1. The summed E-state index contributed by atoms with van der Waals surface area (Å²) >= 11 is 0. The molecule has 0 saturated carbocycles. The number of hydrogen-bond acceptors (Lipinski definition) is 7. The number of pyridine rings is 1. The highest BCUT2D eigenvalue weighted by Crippen LogP contribution is 2.33. The van der Waals surface area contributed by atoms with E-state index in [1.807, 2.05) is 13.8 Å². The number of benzene rings is 2. The number of nitrogens with two attached hydrogens (primary N) is 1. The van der Waals surface area contributed by atoms with Gasteiger partial charge in [-0.25, -0.2) is 4.79 Å². The van der Waals surface area contributed by atoms with E-state index in [-0.39, 0.29) is 41.5 Å². The number of nitrogen functional groups attached to an aromatic ring is 1. The van der Waals surface area contributed by atoms with Gasteiger partial charge in [-0.05, 0) is 31.2 Å². The first-order chi connectivity index (χ1) is 14.8. The maximum atomic E-state index is 12.1.